The molecule has 4 heterocycles. The molecule has 0 N–H and O–H groups in total. The summed E-state index contributed by atoms with van der Waals surface area (Å²) in [7, 11) is 0. The Morgan fingerprint density at radius 2 is 1.00 bits per heavy atom. The maximum absolute atomic E-state index is 6.43. The molecule has 0 fully saturated rings. The van der Waals surface area contributed by atoms with Crippen LogP contribution in [0.25, 0.3) is 88.6 Å². The van der Waals surface area contributed by atoms with E-state index in [9.17, 15) is 0 Å². The quantitative estimate of drug-likeness (QED) is 0.210. The van der Waals surface area contributed by atoms with E-state index in [1.54, 1.807) is 0 Å². The molecular weight excluding hydrogens is 552 g/mol. The molecule has 0 aliphatic rings. The van der Waals surface area contributed by atoms with Gasteiger partial charge in [0.25, 0.3) is 0 Å². The van der Waals surface area contributed by atoms with Gasteiger partial charge < -0.3 is 8.98 Å². The smallest absolute Gasteiger partial charge is 0.236 e. The first-order valence-corrected chi connectivity index (χ1v) is 15.1. The Labute approximate surface area is 257 Å². The van der Waals surface area contributed by atoms with Crippen LogP contribution in [0.4, 0.5) is 0 Å². The van der Waals surface area contributed by atoms with Gasteiger partial charge in [0.05, 0.1) is 22.1 Å². The van der Waals surface area contributed by atoms with Gasteiger partial charge in [-0.25, -0.2) is 9.97 Å². The van der Waals surface area contributed by atoms with Gasteiger partial charge in [-0.15, -0.1) is 0 Å². The van der Waals surface area contributed by atoms with Crippen molar-refractivity contribution in [2.45, 2.75) is 0 Å². The van der Waals surface area contributed by atoms with Gasteiger partial charge in [-0.05, 0) is 36.4 Å². The number of benzene rings is 6. The lowest BCUT2D eigenvalue weighted by molar-refractivity contribution is 0.666. The molecule has 0 spiro atoms. The monoisotopic (exact) mass is 576 g/mol. The molecule has 5 nitrogen and oxygen atoms in total. The summed E-state index contributed by atoms with van der Waals surface area (Å²) in [5, 5.41) is 5.67. The molecule has 10 rings (SSSR count). The Kier molecular flexibility index (Phi) is 4.93. The molecular formula is C40H24N4O. The van der Waals surface area contributed by atoms with E-state index in [4.69, 9.17) is 14.4 Å². The number of para-hydroxylation sites is 4. The van der Waals surface area contributed by atoms with Crippen LogP contribution in [0.2, 0.25) is 0 Å². The minimum Gasteiger partial charge on any atom is -0.452 e. The lowest BCUT2D eigenvalue weighted by Crippen LogP contribution is -2.04. The van der Waals surface area contributed by atoms with Gasteiger partial charge in [0.2, 0.25) is 5.95 Å². The molecule has 210 valence electrons. The van der Waals surface area contributed by atoms with E-state index in [1.807, 2.05) is 36.4 Å². The van der Waals surface area contributed by atoms with E-state index in [2.05, 4.69) is 118 Å². The molecule has 0 amide bonds. The molecule has 0 saturated heterocycles. The highest BCUT2D eigenvalue weighted by molar-refractivity contribution is 6.23. The van der Waals surface area contributed by atoms with Crippen LogP contribution in [0.5, 0.6) is 0 Å². The van der Waals surface area contributed by atoms with Crippen molar-refractivity contribution in [1.82, 2.24) is 19.1 Å². The fraction of sp³-hybridized carbons (Fsp3) is 0. The van der Waals surface area contributed by atoms with Gasteiger partial charge in [-0.1, -0.05) is 109 Å². The highest BCUT2D eigenvalue weighted by Crippen LogP contribution is 2.42. The SMILES string of the molecule is c1ccc(-c2nc(-n3c4ccccc4c4ccc5c6ccccc6n(-c6ccccc6)c5c43)nc3c2oc2ccccc23)cc1. The van der Waals surface area contributed by atoms with E-state index in [1.165, 1.54) is 10.8 Å². The summed E-state index contributed by atoms with van der Waals surface area (Å²) in [4.78, 5) is 10.6. The zero-order chi connectivity index (χ0) is 29.5. The first kappa shape index (κ1) is 24.3. The van der Waals surface area contributed by atoms with Crippen LogP contribution in [0.1, 0.15) is 0 Å². The Morgan fingerprint density at radius 3 is 1.71 bits per heavy atom. The van der Waals surface area contributed by atoms with Crippen molar-refractivity contribution >= 4 is 65.7 Å². The largest absolute Gasteiger partial charge is 0.452 e. The standard InChI is InChI=1S/C40H24N4O/c1-3-13-25(14-4-1)35-39-36(31-19-9-12-22-34(31)45-39)42-40(41-35)44-33-21-11-8-18-28(33)30-24-23-29-27-17-7-10-20-32(27)43(37(29)38(30)44)26-15-5-2-6-16-26/h1-24H. The maximum Gasteiger partial charge on any atom is 0.236 e. The Balaban J connectivity index is 1.44. The van der Waals surface area contributed by atoms with Crippen molar-refractivity contribution in [3.05, 3.63) is 146 Å². The first-order chi connectivity index (χ1) is 22.3. The Bertz CT molecular complexity index is 2750. The normalized spacial score (nSPS) is 12.0. The molecule has 0 aliphatic carbocycles. The molecule has 5 heteroatoms. The highest BCUT2D eigenvalue weighted by Gasteiger charge is 2.24. The van der Waals surface area contributed by atoms with Crippen LogP contribution in [-0.2, 0) is 0 Å². The Morgan fingerprint density at radius 1 is 0.444 bits per heavy atom. The number of fused-ring (bicyclic) bond motifs is 10. The van der Waals surface area contributed by atoms with Gasteiger partial charge in [-0.3, -0.25) is 4.57 Å². The van der Waals surface area contributed by atoms with Gasteiger partial charge in [0, 0.05) is 38.2 Å². The average molecular weight is 577 g/mol. The topological polar surface area (TPSA) is 48.8 Å². The van der Waals surface area contributed by atoms with Crippen molar-refractivity contribution < 1.29 is 4.42 Å². The highest BCUT2D eigenvalue weighted by atomic mass is 16.3. The van der Waals surface area contributed by atoms with Crippen LogP contribution >= 0.6 is 0 Å². The number of hydrogen-bond donors (Lipinski definition) is 0. The minimum atomic E-state index is 0.608. The number of aromatic nitrogens is 4. The third kappa shape index (κ3) is 3.38. The second-order valence-corrected chi connectivity index (χ2v) is 11.4. The third-order valence-corrected chi connectivity index (χ3v) is 8.94. The van der Waals surface area contributed by atoms with Crippen LogP contribution in [0, 0.1) is 0 Å². The molecule has 0 atom stereocenters. The fourth-order valence-corrected chi connectivity index (χ4v) is 7.02. The lowest BCUT2D eigenvalue weighted by atomic mass is 10.1. The van der Waals surface area contributed by atoms with E-state index in [0.717, 1.165) is 66.3 Å². The van der Waals surface area contributed by atoms with E-state index in [-0.39, 0.29) is 0 Å². The van der Waals surface area contributed by atoms with Crippen molar-refractivity contribution in [2.24, 2.45) is 0 Å². The summed E-state index contributed by atoms with van der Waals surface area (Å²) < 4.78 is 11.1. The van der Waals surface area contributed by atoms with Crippen LogP contribution < -0.4 is 0 Å². The van der Waals surface area contributed by atoms with Crippen molar-refractivity contribution in [2.75, 3.05) is 0 Å². The number of nitrogens with zero attached hydrogens (tertiary/aromatic N) is 4. The maximum atomic E-state index is 6.43. The van der Waals surface area contributed by atoms with Crippen molar-refractivity contribution in [3.63, 3.8) is 0 Å². The zero-order valence-electron chi connectivity index (χ0n) is 24.1. The molecule has 0 unspecified atom stereocenters. The summed E-state index contributed by atoms with van der Waals surface area (Å²) in [5.41, 5.74) is 9.55. The summed E-state index contributed by atoms with van der Waals surface area (Å²) in [6.07, 6.45) is 0. The van der Waals surface area contributed by atoms with Gasteiger partial charge in [-0.2, -0.15) is 0 Å². The summed E-state index contributed by atoms with van der Waals surface area (Å²) >= 11 is 0. The molecule has 0 bridgehead atoms. The van der Waals surface area contributed by atoms with Crippen LogP contribution in [0.15, 0.2) is 150 Å². The summed E-state index contributed by atoms with van der Waals surface area (Å²) in [6.45, 7) is 0. The second-order valence-electron chi connectivity index (χ2n) is 11.4. The molecule has 6 aromatic carbocycles. The van der Waals surface area contributed by atoms with Gasteiger partial charge in [0.15, 0.2) is 5.58 Å². The molecule has 45 heavy (non-hydrogen) atoms. The van der Waals surface area contributed by atoms with E-state index < -0.39 is 0 Å². The number of hydrogen-bond acceptors (Lipinski definition) is 3. The zero-order valence-corrected chi connectivity index (χ0v) is 24.1. The second kappa shape index (κ2) is 9.15. The molecule has 0 aliphatic heterocycles. The minimum absolute atomic E-state index is 0.608. The summed E-state index contributed by atoms with van der Waals surface area (Å²) in [6, 6.07) is 50.7. The molecule has 10 aromatic rings. The number of furan rings is 1. The van der Waals surface area contributed by atoms with E-state index >= 15 is 0 Å². The first-order valence-electron chi connectivity index (χ1n) is 15.1. The van der Waals surface area contributed by atoms with Crippen LogP contribution in [-0.4, -0.2) is 19.1 Å². The van der Waals surface area contributed by atoms with Crippen LogP contribution in [0.3, 0.4) is 0 Å². The van der Waals surface area contributed by atoms with Crippen molar-refractivity contribution in [1.29, 1.82) is 0 Å². The molecule has 0 saturated carbocycles. The third-order valence-electron chi connectivity index (χ3n) is 8.94. The number of rotatable bonds is 3. The summed E-state index contributed by atoms with van der Waals surface area (Å²) in [5.74, 6) is 0.608. The molecule has 0 radical (unpaired) electrons. The molecule has 4 aromatic heterocycles. The average Bonchev–Trinajstić information content (AvgIpc) is 3.76. The fourth-order valence-electron chi connectivity index (χ4n) is 7.02. The lowest BCUT2D eigenvalue weighted by Gasteiger charge is -2.12. The predicted molar refractivity (Wildman–Crippen MR) is 183 cm³/mol. The Hall–Kier alpha value is -6.20. The van der Waals surface area contributed by atoms with Gasteiger partial charge >= 0.3 is 0 Å². The van der Waals surface area contributed by atoms with Gasteiger partial charge in [0.1, 0.15) is 16.8 Å². The predicted octanol–water partition coefficient (Wildman–Crippen LogP) is 10.2. The van der Waals surface area contributed by atoms with E-state index in [0.29, 0.717) is 11.5 Å². The van der Waals surface area contributed by atoms with Crippen molar-refractivity contribution in [3.8, 4) is 22.9 Å².